The van der Waals surface area contributed by atoms with Gasteiger partial charge in [0.15, 0.2) is 0 Å². The maximum absolute atomic E-state index is 5.98. The molecule has 2 heteroatoms. The maximum atomic E-state index is 5.98. The molecule has 0 saturated heterocycles. The van der Waals surface area contributed by atoms with E-state index in [-0.39, 0.29) is 0 Å². The smallest absolute Gasteiger partial charge is 0.124 e. The first kappa shape index (κ1) is 13.4. The zero-order valence-corrected chi connectivity index (χ0v) is 11.6. The molecule has 100 valence electrons. The summed E-state index contributed by atoms with van der Waals surface area (Å²) in [5, 5.41) is 3.60. The molecule has 0 aliphatic heterocycles. The molecule has 1 aromatic rings. The molecule has 2 nitrogen and oxygen atoms in total. The molecule has 0 spiro atoms. The van der Waals surface area contributed by atoms with Crippen molar-refractivity contribution >= 4 is 0 Å². The van der Waals surface area contributed by atoms with Crippen molar-refractivity contribution in [3.05, 3.63) is 29.8 Å². The zero-order chi connectivity index (χ0) is 12.8. The molecule has 18 heavy (non-hydrogen) atoms. The molecule has 1 N–H and O–H groups in total. The van der Waals surface area contributed by atoms with Crippen molar-refractivity contribution in [3.8, 4) is 5.75 Å². The fraction of sp³-hybridized carbons (Fsp3) is 0.625. The highest BCUT2D eigenvalue weighted by atomic mass is 16.5. The van der Waals surface area contributed by atoms with E-state index in [9.17, 15) is 0 Å². The van der Waals surface area contributed by atoms with E-state index in [1.807, 2.05) is 0 Å². The zero-order valence-electron chi connectivity index (χ0n) is 11.6. The highest BCUT2D eigenvalue weighted by Crippen LogP contribution is 2.32. The molecule has 1 unspecified atom stereocenters. The Morgan fingerprint density at radius 2 is 2.06 bits per heavy atom. The third-order valence-electron chi connectivity index (χ3n) is 3.51. The van der Waals surface area contributed by atoms with Crippen LogP contribution >= 0.6 is 0 Å². The fourth-order valence-corrected chi connectivity index (χ4v) is 2.18. The van der Waals surface area contributed by atoms with Crippen molar-refractivity contribution in [3.63, 3.8) is 0 Å². The summed E-state index contributed by atoms with van der Waals surface area (Å²) in [5.74, 6) is 1.88. The van der Waals surface area contributed by atoms with Crippen molar-refractivity contribution in [1.82, 2.24) is 5.32 Å². The van der Waals surface area contributed by atoms with Crippen molar-refractivity contribution in [2.45, 2.75) is 45.6 Å². The second-order valence-electron chi connectivity index (χ2n) is 5.21. The van der Waals surface area contributed by atoms with E-state index < -0.39 is 0 Å². The Morgan fingerprint density at radius 1 is 1.28 bits per heavy atom. The summed E-state index contributed by atoms with van der Waals surface area (Å²) in [6.45, 7) is 6.39. The van der Waals surface area contributed by atoms with Gasteiger partial charge in [-0.3, -0.25) is 0 Å². The van der Waals surface area contributed by atoms with Gasteiger partial charge in [0.2, 0.25) is 0 Å². The summed E-state index contributed by atoms with van der Waals surface area (Å²) in [6, 6.07) is 8.89. The predicted octanol–water partition coefficient (Wildman–Crippen LogP) is 3.93. The van der Waals surface area contributed by atoms with Crippen molar-refractivity contribution in [2.75, 3.05) is 13.2 Å². The predicted molar refractivity (Wildman–Crippen MR) is 76.0 cm³/mol. The summed E-state index contributed by atoms with van der Waals surface area (Å²) in [7, 11) is 0. The molecule has 0 radical (unpaired) electrons. The van der Waals surface area contributed by atoms with Gasteiger partial charge in [-0.25, -0.2) is 0 Å². The number of hydrogen-bond acceptors (Lipinski definition) is 2. The van der Waals surface area contributed by atoms with Gasteiger partial charge in [0, 0.05) is 11.6 Å². The van der Waals surface area contributed by atoms with Crippen LogP contribution in [0.15, 0.2) is 24.3 Å². The van der Waals surface area contributed by atoms with Gasteiger partial charge in [0.1, 0.15) is 5.75 Å². The summed E-state index contributed by atoms with van der Waals surface area (Å²) in [4.78, 5) is 0. The number of para-hydroxylation sites is 1. The monoisotopic (exact) mass is 247 g/mol. The lowest BCUT2D eigenvalue weighted by atomic mass is 10.0. The van der Waals surface area contributed by atoms with Crippen LogP contribution < -0.4 is 10.1 Å². The summed E-state index contributed by atoms with van der Waals surface area (Å²) < 4.78 is 5.98. The molecule has 0 amide bonds. The number of rotatable bonds is 8. The molecule has 1 aromatic carbocycles. The van der Waals surface area contributed by atoms with Gasteiger partial charge in [0.25, 0.3) is 0 Å². The number of hydrogen-bond donors (Lipinski definition) is 1. The van der Waals surface area contributed by atoms with Crippen molar-refractivity contribution in [1.29, 1.82) is 0 Å². The molecule has 1 saturated carbocycles. The van der Waals surface area contributed by atoms with Crippen LogP contribution in [0.1, 0.15) is 51.1 Å². The fourth-order valence-electron chi connectivity index (χ4n) is 2.18. The van der Waals surface area contributed by atoms with E-state index >= 15 is 0 Å². The second kappa shape index (κ2) is 6.79. The highest BCUT2D eigenvalue weighted by Gasteiger charge is 2.23. The molecular weight excluding hydrogens is 222 g/mol. The Bertz CT molecular complexity index is 360. The number of nitrogens with one attached hydrogen (secondary N) is 1. The van der Waals surface area contributed by atoms with Gasteiger partial charge >= 0.3 is 0 Å². The highest BCUT2D eigenvalue weighted by molar-refractivity contribution is 5.36. The van der Waals surface area contributed by atoms with Crippen molar-refractivity contribution in [2.24, 2.45) is 5.92 Å². The lowest BCUT2D eigenvalue weighted by Crippen LogP contribution is -2.22. The first-order valence-electron chi connectivity index (χ1n) is 7.30. The van der Waals surface area contributed by atoms with Gasteiger partial charge in [-0.1, -0.05) is 32.0 Å². The molecule has 2 rings (SSSR count). The minimum Gasteiger partial charge on any atom is -0.493 e. The van der Waals surface area contributed by atoms with E-state index in [0.717, 1.165) is 31.2 Å². The van der Waals surface area contributed by atoms with Gasteiger partial charge in [-0.05, 0) is 44.2 Å². The van der Waals surface area contributed by atoms with E-state index in [4.69, 9.17) is 4.74 Å². The largest absolute Gasteiger partial charge is 0.493 e. The van der Waals surface area contributed by atoms with Crippen molar-refractivity contribution < 1.29 is 4.74 Å². The molecule has 1 fully saturated rings. The Kier molecular flexibility index (Phi) is 5.06. The van der Waals surface area contributed by atoms with Gasteiger partial charge in [-0.15, -0.1) is 0 Å². The standard InChI is InChI=1S/C16H25NO/c1-3-11-17-15(4-2)14-7-5-6-8-16(14)18-12-13-9-10-13/h5-8,13,15,17H,3-4,9-12H2,1-2H3. The molecule has 0 bridgehead atoms. The third-order valence-corrected chi connectivity index (χ3v) is 3.51. The number of ether oxygens (including phenoxy) is 1. The van der Waals surface area contributed by atoms with Crippen LogP contribution in [-0.4, -0.2) is 13.2 Å². The molecule has 1 aliphatic rings. The van der Waals surface area contributed by atoms with E-state index in [1.54, 1.807) is 0 Å². The van der Waals surface area contributed by atoms with E-state index in [0.29, 0.717) is 6.04 Å². The van der Waals surface area contributed by atoms with Crippen LogP contribution in [0.25, 0.3) is 0 Å². The Balaban J connectivity index is 2.02. The third kappa shape index (κ3) is 3.74. The summed E-state index contributed by atoms with van der Waals surface area (Å²) >= 11 is 0. The molecule has 1 atom stereocenters. The minimum absolute atomic E-state index is 0.417. The molecule has 0 aromatic heterocycles. The number of benzene rings is 1. The molecule has 0 heterocycles. The van der Waals surface area contributed by atoms with Gasteiger partial charge in [-0.2, -0.15) is 0 Å². The molecule has 1 aliphatic carbocycles. The lowest BCUT2D eigenvalue weighted by molar-refractivity contribution is 0.292. The Labute approximate surface area is 111 Å². The van der Waals surface area contributed by atoms with Crippen LogP contribution in [0.3, 0.4) is 0 Å². The first-order valence-corrected chi connectivity index (χ1v) is 7.30. The van der Waals surface area contributed by atoms with Crippen LogP contribution in [0.4, 0.5) is 0 Å². The summed E-state index contributed by atoms with van der Waals surface area (Å²) in [5.41, 5.74) is 1.31. The second-order valence-corrected chi connectivity index (χ2v) is 5.21. The van der Waals surface area contributed by atoms with Gasteiger partial charge < -0.3 is 10.1 Å². The van der Waals surface area contributed by atoms with Crippen LogP contribution in [0.5, 0.6) is 5.75 Å². The Hall–Kier alpha value is -1.02. The van der Waals surface area contributed by atoms with E-state index in [2.05, 4.69) is 43.4 Å². The molecular formula is C16H25NO. The SMILES string of the molecule is CCCNC(CC)c1ccccc1OCC1CC1. The summed E-state index contributed by atoms with van der Waals surface area (Å²) in [6.07, 6.45) is 4.95. The average molecular weight is 247 g/mol. The van der Waals surface area contributed by atoms with Crippen LogP contribution in [-0.2, 0) is 0 Å². The quantitative estimate of drug-likeness (QED) is 0.751. The first-order chi connectivity index (χ1) is 8.85. The Morgan fingerprint density at radius 3 is 2.72 bits per heavy atom. The normalized spacial score (nSPS) is 16.6. The van der Waals surface area contributed by atoms with Crippen LogP contribution in [0, 0.1) is 5.92 Å². The average Bonchev–Trinajstić information content (AvgIpc) is 3.22. The van der Waals surface area contributed by atoms with E-state index in [1.165, 1.54) is 24.8 Å². The van der Waals surface area contributed by atoms with Crippen LogP contribution in [0.2, 0.25) is 0 Å². The van der Waals surface area contributed by atoms with Gasteiger partial charge in [0.05, 0.1) is 6.61 Å². The lowest BCUT2D eigenvalue weighted by Gasteiger charge is -2.20. The minimum atomic E-state index is 0.417. The topological polar surface area (TPSA) is 21.3 Å². The maximum Gasteiger partial charge on any atom is 0.124 e.